The number of hydrogen-bond acceptors (Lipinski definition) is 7. The van der Waals surface area contributed by atoms with Gasteiger partial charge in [-0.05, 0) is 51.7 Å². The summed E-state index contributed by atoms with van der Waals surface area (Å²) in [7, 11) is 0. The number of carbonyl (C=O) groups excluding carboxylic acids is 3. The Kier molecular flexibility index (Phi) is 8.83. The van der Waals surface area contributed by atoms with E-state index in [2.05, 4.69) is 20.3 Å². The maximum Gasteiger partial charge on any atom is 0.433 e. The molecular formula is C28H35F3N6O4. The normalized spacial score (nSPS) is 18.5. The third kappa shape index (κ3) is 7.92. The summed E-state index contributed by atoms with van der Waals surface area (Å²) in [6.45, 7) is 7.68. The Labute approximate surface area is 236 Å². The van der Waals surface area contributed by atoms with Crippen LogP contribution in [-0.2, 0) is 33.5 Å². The monoisotopic (exact) mass is 576 g/mol. The van der Waals surface area contributed by atoms with Crippen molar-refractivity contribution in [2.24, 2.45) is 5.92 Å². The molecular weight excluding hydrogens is 541 g/mol. The van der Waals surface area contributed by atoms with E-state index in [1.54, 1.807) is 25.7 Å². The van der Waals surface area contributed by atoms with Gasteiger partial charge in [-0.25, -0.2) is 14.8 Å². The number of alkyl carbamates (subject to hydrolysis) is 1. The average Bonchev–Trinajstić information content (AvgIpc) is 2.88. The third-order valence-electron chi connectivity index (χ3n) is 6.94. The van der Waals surface area contributed by atoms with Gasteiger partial charge in [0, 0.05) is 56.0 Å². The Hall–Kier alpha value is -3.77. The molecule has 1 fully saturated rings. The molecule has 0 aliphatic carbocycles. The van der Waals surface area contributed by atoms with Crippen molar-refractivity contribution in [2.75, 3.05) is 19.6 Å². The molecule has 2 aromatic heterocycles. The Morgan fingerprint density at radius 1 is 1.15 bits per heavy atom. The second-order valence-electron chi connectivity index (χ2n) is 11.6. The fourth-order valence-electron chi connectivity index (χ4n) is 5.02. The number of halogens is 3. The number of rotatable bonds is 6. The van der Waals surface area contributed by atoms with Gasteiger partial charge in [-0.2, -0.15) is 13.2 Å². The largest absolute Gasteiger partial charge is 0.444 e. The predicted molar refractivity (Wildman–Crippen MR) is 142 cm³/mol. The number of hydrogen-bond donors (Lipinski definition) is 1. The van der Waals surface area contributed by atoms with Gasteiger partial charge in [-0.15, -0.1) is 0 Å². The van der Waals surface area contributed by atoms with Crippen LogP contribution in [0.3, 0.4) is 0 Å². The number of amides is 3. The van der Waals surface area contributed by atoms with Gasteiger partial charge in [0.1, 0.15) is 5.60 Å². The Bertz CT molecular complexity index is 1280. The lowest BCUT2D eigenvalue weighted by Crippen LogP contribution is -2.51. The number of alkyl halides is 3. The summed E-state index contributed by atoms with van der Waals surface area (Å²) < 4.78 is 47.2. The molecule has 0 aromatic carbocycles. The SMILES string of the molecule is C[C@@H]1CCC(=O)N(C[C@H](CC(=O)N2CCc3c(nc(-c4ccncc4)nc3C(F)(F)F)C2)NC(=O)OC(C)(C)C)C1. The Morgan fingerprint density at radius 3 is 2.51 bits per heavy atom. The van der Waals surface area contributed by atoms with E-state index in [0.717, 1.165) is 6.42 Å². The van der Waals surface area contributed by atoms with Gasteiger partial charge in [-0.1, -0.05) is 6.92 Å². The van der Waals surface area contributed by atoms with Gasteiger partial charge in [-0.3, -0.25) is 14.6 Å². The standard InChI is InChI=1S/C28H35F3N6O4/c1-17-5-6-22(38)37(14-17)15-19(33-26(40)41-27(2,3)4)13-23(39)36-12-9-20-21(16-36)34-25(18-7-10-32-11-8-18)35-24(20)28(29,30)31/h7-8,10-11,17,19H,5-6,9,12-16H2,1-4H3,(H,33,40)/t17-,19+/m1/s1. The summed E-state index contributed by atoms with van der Waals surface area (Å²) in [5.41, 5.74) is -1.32. The molecule has 13 heteroatoms. The molecule has 1 N–H and O–H groups in total. The van der Waals surface area contributed by atoms with E-state index >= 15 is 0 Å². The number of likely N-dealkylation sites (tertiary alicyclic amines) is 1. The quantitative estimate of drug-likeness (QED) is 0.553. The first-order chi connectivity index (χ1) is 19.2. The maximum atomic E-state index is 14.0. The minimum atomic E-state index is -4.69. The third-order valence-corrected chi connectivity index (χ3v) is 6.94. The van der Waals surface area contributed by atoms with Crippen LogP contribution in [0.1, 0.15) is 63.9 Å². The highest BCUT2D eigenvalue weighted by atomic mass is 19.4. The highest BCUT2D eigenvalue weighted by Gasteiger charge is 2.39. The molecule has 4 rings (SSSR count). The van der Waals surface area contributed by atoms with E-state index in [4.69, 9.17) is 4.74 Å². The molecule has 2 aliphatic heterocycles. The predicted octanol–water partition coefficient (Wildman–Crippen LogP) is 3.98. The zero-order chi connectivity index (χ0) is 29.9. The van der Waals surface area contributed by atoms with Crippen molar-refractivity contribution in [1.29, 1.82) is 0 Å². The van der Waals surface area contributed by atoms with Crippen LogP contribution in [0.5, 0.6) is 0 Å². The van der Waals surface area contributed by atoms with Crippen LogP contribution in [0.4, 0.5) is 18.0 Å². The van der Waals surface area contributed by atoms with E-state index in [0.29, 0.717) is 18.5 Å². The molecule has 0 radical (unpaired) electrons. The first-order valence-electron chi connectivity index (χ1n) is 13.6. The highest BCUT2D eigenvalue weighted by Crippen LogP contribution is 2.35. The van der Waals surface area contributed by atoms with Gasteiger partial charge in [0.15, 0.2) is 11.5 Å². The van der Waals surface area contributed by atoms with Crippen LogP contribution in [0.15, 0.2) is 24.5 Å². The Balaban J connectivity index is 1.55. The maximum absolute atomic E-state index is 14.0. The number of nitrogens with one attached hydrogen (secondary N) is 1. The molecule has 41 heavy (non-hydrogen) atoms. The lowest BCUT2D eigenvalue weighted by Gasteiger charge is -2.35. The lowest BCUT2D eigenvalue weighted by molar-refractivity contribution is -0.142. The van der Waals surface area contributed by atoms with Crippen LogP contribution < -0.4 is 5.32 Å². The van der Waals surface area contributed by atoms with Crippen LogP contribution in [0.2, 0.25) is 0 Å². The van der Waals surface area contributed by atoms with Crippen molar-refractivity contribution in [3.63, 3.8) is 0 Å². The molecule has 3 amide bonds. The summed E-state index contributed by atoms with van der Waals surface area (Å²) in [5, 5.41) is 2.72. The van der Waals surface area contributed by atoms with Crippen molar-refractivity contribution in [3.05, 3.63) is 41.5 Å². The zero-order valence-corrected chi connectivity index (χ0v) is 23.6. The molecule has 2 atom stereocenters. The van der Waals surface area contributed by atoms with Crippen LogP contribution in [-0.4, -0.2) is 73.9 Å². The van der Waals surface area contributed by atoms with E-state index in [1.807, 2.05) is 6.92 Å². The molecule has 2 aliphatic rings. The second-order valence-corrected chi connectivity index (χ2v) is 11.6. The topological polar surface area (TPSA) is 118 Å². The summed E-state index contributed by atoms with van der Waals surface area (Å²) in [6, 6.07) is 2.28. The molecule has 0 unspecified atom stereocenters. The molecule has 0 bridgehead atoms. The van der Waals surface area contributed by atoms with E-state index in [1.165, 1.54) is 29.4 Å². The molecule has 0 spiro atoms. The van der Waals surface area contributed by atoms with Crippen LogP contribution >= 0.6 is 0 Å². The summed E-state index contributed by atoms with van der Waals surface area (Å²) in [5.74, 6) is -0.262. The fraction of sp³-hybridized carbons (Fsp3) is 0.571. The molecule has 10 nitrogen and oxygen atoms in total. The summed E-state index contributed by atoms with van der Waals surface area (Å²) >= 11 is 0. The smallest absolute Gasteiger partial charge is 0.433 e. The molecule has 0 saturated carbocycles. The van der Waals surface area contributed by atoms with Crippen molar-refractivity contribution in [3.8, 4) is 11.4 Å². The second kappa shape index (κ2) is 12.0. The average molecular weight is 577 g/mol. The number of fused-ring (bicyclic) bond motifs is 1. The van der Waals surface area contributed by atoms with Crippen molar-refractivity contribution in [1.82, 2.24) is 30.1 Å². The number of pyridine rings is 1. The number of piperidine rings is 1. The number of ether oxygens (including phenoxy) is 1. The zero-order valence-electron chi connectivity index (χ0n) is 23.6. The molecule has 4 heterocycles. The van der Waals surface area contributed by atoms with Gasteiger partial charge >= 0.3 is 12.3 Å². The summed E-state index contributed by atoms with van der Waals surface area (Å²) in [4.78, 5) is 53.8. The minimum Gasteiger partial charge on any atom is -0.444 e. The minimum absolute atomic E-state index is 0.0318. The number of nitrogens with zero attached hydrogens (tertiary/aromatic N) is 5. The van der Waals surface area contributed by atoms with Gasteiger partial charge in [0.25, 0.3) is 0 Å². The molecule has 2 aromatic rings. The first kappa shape index (κ1) is 30.2. The van der Waals surface area contributed by atoms with Crippen molar-refractivity contribution in [2.45, 2.75) is 77.7 Å². The highest BCUT2D eigenvalue weighted by molar-refractivity contribution is 5.79. The van der Waals surface area contributed by atoms with Gasteiger partial charge in [0.2, 0.25) is 11.8 Å². The van der Waals surface area contributed by atoms with E-state index in [9.17, 15) is 27.6 Å². The van der Waals surface area contributed by atoms with E-state index < -0.39 is 29.6 Å². The van der Waals surface area contributed by atoms with Crippen LogP contribution in [0, 0.1) is 5.92 Å². The molecule has 1 saturated heterocycles. The fourth-order valence-corrected chi connectivity index (χ4v) is 5.02. The number of carbonyl (C=O) groups is 3. The molecule has 222 valence electrons. The van der Waals surface area contributed by atoms with Crippen molar-refractivity contribution >= 4 is 17.9 Å². The first-order valence-corrected chi connectivity index (χ1v) is 13.6. The number of aromatic nitrogens is 3. The lowest BCUT2D eigenvalue weighted by atomic mass is 9.98. The Morgan fingerprint density at radius 2 is 1.85 bits per heavy atom. The van der Waals surface area contributed by atoms with Gasteiger partial charge < -0.3 is 19.9 Å². The van der Waals surface area contributed by atoms with Gasteiger partial charge in [0.05, 0.1) is 18.3 Å². The summed E-state index contributed by atoms with van der Waals surface area (Å²) in [6.07, 6.45) is -1.62. The van der Waals surface area contributed by atoms with E-state index in [-0.39, 0.29) is 67.3 Å². The van der Waals surface area contributed by atoms with Crippen molar-refractivity contribution < 1.29 is 32.3 Å². The van der Waals surface area contributed by atoms with Crippen LogP contribution in [0.25, 0.3) is 11.4 Å².